The van der Waals surface area contributed by atoms with E-state index in [0.29, 0.717) is 24.1 Å². The fourth-order valence-corrected chi connectivity index (χ4v) is 2.59. The fraction of sp³-hybridized carbons (Fsp3) is 0.400. The second-order valence-electron chi connectivity index (χ2n) is 4.99. The normalized spacial score (nSPS) is 21.8. The lowest BCUT2D eigenvalue weighted by Gasteiger charge is -2.31. The summed E-state index contributed by atoms with van der Waals surface area (Å²) in [4.78, 5) is 23.2. The zero-order chi connectivity index (χ0) is 14.5. The Bertz CT molecular complexity index is 545. The molecule has 1 aliphatic carbocycles. The summed E-state index contributed by atoms with van der Waals surface area (Å²) in [6.07, 6.45) is 2.74. The van der Waals surface area contributed by atoms with Crippen molar-refractivity contribution in [1.82, 2.24) is 0 Å². The molecule has 1 saturated carbocycles. The number of nitrogens with zero attached hydrogens (tertiary/aromatic N) is 1. The highest BCUT2D eigenvalue weighted by atomic mass is 16.4. The second kappa shape index (κ2) is 6.20. The summed E-state index contributed by atoms with van der Waals surface area (Å²) < 4.78 is 0. The molecule has 0 spiro atoms. The molecule has 0 radical (unpaired) electrons. The molecule has 5 nitrogen and oxygen atoms in total. The third kappa shape index (κ3) is 3.15. The van der Waals surface area contributed by atoms with Crippen LogP contribution in [0.1, 0.15) is 31.2 Å². The first-order valence-corrected chi connectivity index (χ1v) is 6.63. The lowest BCUT2D eigenvalue weighted by molar-refractivity contribution is -0.313. The number of benzene rings is 1. The first kappa shape index (κ1) is 14.1. The Morgan fingerprint density at radius 3 is 2.30 bits per heavy atom. The minimum absolute atomic E-state index is 0.288. The van der Waals surface area contributed by atoms with Crippen molar-refractivity contribution in [3.05, 3.63) is 29.8 Å². The summed E-state index contributed by atoms with van der Waals surface area (Å²) >= 11 is 0. The van der Waals surface area contributed by atoms with Gasteiger partial charge in [-0.2, -0.15) is 5.26 Å². The SMILES string of the molecule is N#Cc1ccc(NC(=O)[C@@H]2CCCC[C@@H]2C(=O)[O-])cc1. The van der Waals surface area contributed by atoms with Crippen LogP contribution >= 0.6 is 0 Å². The van der Waals surface area contributed by atoms with Crippen LogP contribution in [0, 0.1) is 23.2 Å². The van der Waals surface area contributed by atoms with E-state index in [1.165, 1.54) is 0 Å². The number of hydrogen-bond acceptors (Lipinski definition) is 4. The Morgan fingerprint density at radius 2 is 1.75 bits per heavy atom. The van der Waals surface area contributed by atoms with Crippen molar-refractivity contribution in [1.29, 1.82) is 5.26 Å². The number of hydrogen-bond donors (Lipinski definition) is 1. The zero-order valence-corrected chi connectivity index (χ0v) is 11.0. The van der Waals surface area contributed by atoms with Crippen LogP contribution in [-0.2, 0) is 9.59 Å². The van der Waals surface area contributed by atoms with Crippen molar-refractivity contribution in [3.8, 4) is 6.07 Å². The summed E-state index contributed by atoms with van der Waals surface area (Å²) in [5.41, 5.74) is 1.07. The van der Waals surface area contributed by atoms with Crippen LogP contribution in [0.2, 0.25) is 0 Å². The lowest BCUT2D eigenvalue weighted by atomic mass is 9.78. The van der Waals surface area contributed by atoms with E-state index < -0.39 is 17.8 Å². The lowest BCUT2D eigenvalue weighted by Crippen LogP contribution is -2.42. The zero-order valence-electron chi connectivity index (χ0n) is 11.0. The summed E-state index contributed by atoms with van der Waals surface area (Å²) in [7, 11) is 0. The van der Waals surface area contributed by atoms with Crippen LogP contribution in [-0.4, -0.2) is 11.9 Å². The second-order valence-corrected chi connectivity index (χ2v) is 4.99. The van der Waals surface area contributed by atoms with Crippen LogP contribution in [0.15, 0.2) is 24.3 Å². The van der Waals surface area contributed by atoms with Gasteiger partial charge in [0.05, 0.1) is 11.6 Å². The Hall–Kier alpha value is -2.35. The maximum atomic E-state index is 12.2. The highest BCUT2D eigenvalue weighted by Gasteiger charge is 2.31. The predicted octanol–water partition coefficient (Wildman–Crippen LogP) is 1.05. The number of carboxylic acids is 1. The monoisotopic (exact) mass is 271 g/mol. The third-order valence-electron chi connectivity index (χ3n) is 3.69. The number of anilines is 1. The smallest absolute Gasteiger partial charge is 0.228 e. The van der Waals surface area contributed by atoms with Crippen molar-refractivity contribution < 1.29 is 14.7 Å². The van der Waals surface area contributed by atoms with Gasteiger partial charge in [-0.15, -0.1) is 0 Å². The summed E-state index contributed by atoms with van der Waals surface area (Å²) in [5, 5.41) is 22.5. The van der Waals surface area contributed by atoms with E-state index in [-0.39, 0.29) is 5.91 Å². The summed E-state index contributed by atoms with van der Waals surface area (Å²) in [6.45, 7) is 0. The molecule has 20 heavy (non-hydrogen) atoms. The van der Waals surface area contributed by atoms with Gasteiger partial charge >= 0.3 is 0 Å². The van der Waals surface area contributed by atoms with Gasteiger partial charge in [0.1, 0.15) is 0 Å². The molecule has 5 heteroatoms. The highest BCUT2D eigenvalue weighted by molar-refractivity contribution is 5.95. The van der Waals surface area contributed by atoms with Crippen LogP contribution in [0.4, 0.5) is 5.69 Å². The Balaban J connectivity index is 2.06. The van der Waals surface area contributed by atoms with Gasteiger partial charge in [0.15, 0.2) is 0 Å². The number of nitrogens with one attached hydrogen (secondary N) is 1. The number of carbonyl (C=O) groups is 2. The molecule has 1 aliphatic rings. The molecule has 2 atom stereocenters. The average Bonchev–Trinajstić information content (AvgIpc) is 2.48. The van der Waals surface area contributed by atoms with Crippen molar-refractivity contribution in [3.63, 3.8) is 0 Å². The Morgan fingerprint density at radius 1 is 1.15 bits per heavy atom. The quantitative estimate of drug-likeness (QED) is 0.889. The number of carboxylic acid groups (broad SMARTS) is 1. The van der Waals surface area contributed by atoms with Crippen LogP contribution in [0.25, 0.3) is 0 Å². The van der Waals surface area contributed by atoms with Gasteiger partial charge in [0.2, 0.25) is 5.91 Å². The van der Waals surface area contributed by atoms with Gasteiger partial charge in [0.25, 0.3) is 0 Å². The molecule has 1 aromatic carbocycles. The summed E-state index contributed by atoms with van der Waals surface area (Å²) in [6, 6.07) is 8.47. The molecule has 104 valence electrons. The molecule has 2 rings (SSSR count). The standard InChI is InChI=1S/C15H16N2O3/c16-9-10-5-7-11(8-6-10)17-14(18)12-3-1-2-4-13(12)15(19)20/h5-8,12-13H,1-4H2,(H,17,18)(H,19,20)/p-1/t12-,13+/m1/s1. The maximum absolute atomic E-state index is 12.2. The largest absolute Gasteiger partial charge is 0.550 e. The Labute approximate surface area is 117 Å². The molecule has 1 amide bonds. The molecule has 0 heterocycles. The van der Waals surface area contributed by atoms with Crippen molar-refractivity contribution in [2.24, 2.45) is 11.8 Å². The van der Waals surface area contributed by atoms with E-state index in [1.807, 2.05) is 6.07 Å². The van der Waals surface area contributed by atoms with E-state index in [0.717, 1.165) is 12.8 Å². The molecule has 0 bridgehead atoms. The minimum Gasteiger partial charge on any atom is -0.550 e. The number of nitriles is 1. The number of carbonyl (C=O) groups excluding carboxylic acids is 2. The molecular weight excluding hydrogens is 256 g/mol. The van der Waals surface area contributed by atoms with E-state index in [9.17, 15) is 14.7 Å². The first-order chi connectivity index (χ1) is 9.61. The predicted molar refractivity (Wildman–Crippen MR) is 70.2 cm³/mol. The summed E-state index contributed by atoms with van der Waals surface area (Å²) in [5.74, 6) is -2.68. The van der Waals surface area contributed by atoms with Gasteiger partial charge in [-0.1, -0.05) is 12.8 Å². The van der Waals surface area contributed by atoms with Gasteiger partial charge in [0, 0.05) is 23.5 Å². The molecule has 0 aliphatic heterocycles. The molecule has 0 unspecified atom stereocenters. The van der Waals surface area contributed by atoms with E-state index >= 15 is 0 Å². The van der Waals surface area contributed by atoms with Crippen LogP contribution in [0.3, 0.4) is 0 Å². The average molecular weight is 271 g/mol. The first-order valence-electron chi connectivity index (χ1n) is 6.63. The van der Waals surface area contributed by atoms with Crippen LogP contribution < -0.4 is 10.4 Å². The van der Waals surface area contributed by atoms with Crippen molar-refractivity contribution >= 4 is 17.6 Å². The minimum atomic E-state index is -1.15. The van der Waals surface area contributed by atoms with Crippen LogP contribution in [0.5, 0.6) is 0 Å². The number of rotatable bonds is 3. The topological polar surface area (TPSA) is 93.0 Å². The molecule has 1 aromatic rings. The van der Waals surface area contributed by atoms with Gasteiger partial charge in [-0.3, -0.25) is 4.79 Å². The number of aliphatic carboxylic acids is 1. The highest BCUT2D eigenvalue weighted by Crippen LogP contribution is 2.30. The fourth-order valence-electron chi connectivity index (χ4n) is 2.59. The van der Waals surface area contributed by atoms with Crippen molar-refractivity contribution in [2.75, 3.05) is 5.32 Å². The van der Waals surface area contributed by atoms with E-state index in [4.69, 9.17) is 5.26 Å². The van der Waals surface area contributed by atoms with Crippen molar-refractivity contribution in [2.45, 2.75) is 25.7 Å². The molecule has 0 saturated heterocycles. The van der Waals surface area contributed by atoms with Gasteiger partial charge in [-0.05, 0) is 37.1 Å². The molecular formula is C15H15N2O3-. The van der Waals surface area contributed by atoms with E-state index in [2.05, 4.69) is 5.32 Å². The Kier molecular flexibility index (Phi) is 4.36. The molecule has 0 aromatic heterocycles. The third-order valence-corrected chi connectivity index (χ3v) is 3.69. The maximum Gasteiger partial charge on any atom is 0.228 e. The van der Waals surface area contributed by atoms with Gasteiger partial charge < -0.3 is 15.2 Å². The number of amides is 1. The molecule has 1 N–H and O–H groups in total. The molecule has 1 fully saturated rings. The van der Waals surface area contributed by atoms with E-state index in [1.54, 1.807) is 24.3 Å². The van der Waals surface area contributed by atoms with Gasteiger partial charge in [-0.25, -0.2) is 0 Å².